The number of halogens is 5. The normalized spacial score (nSPS) is 19.3. The van der Waals surface area contributed by atoms with Crippen LogP contribution in [0.5, 0.6) is 0 Å². The third-order valence-electron chi connectivity index (χ3n) is 8.38. The van der Waals surface area contributed by atoms with E-state index in [1.165, 1.54) is 4.52 Å². The molecule has 3 aromatic heterocycles. The van der Waals surface area contributed by atoms with E-state index in [0.29, 0.717) is 21.8 Å². The lowest BCUT2D eigenvalue weighted by Crippen LogP contribution is -2.37. The molecule has 2 saturated carbocycles. The maximum Gasteiger partial charge on any atom is 0.389 e. The van der Waals surface area contributed by atoms with Crippen LogP contribution in [0.4, 0.5) is 22.0 Å². The van der Waals surface area contributed by atoms with E-state index in [0.717, 1.165) is 30.8 Å². The second kappa shape index (κ2) is 12.4. The number of fused-ring (bicyclic) bond motifs is 1. The predicted octanol–water partition coefficient (Wildman–Crippen LogP) is 6.30. The summed E-state index contributed by atoms with van der Waals surface area (Å²) < 4.78 is 71.5. The summed E-state index contributed by atoms with van der Waals surface area (Å²) in [5.74, 6) is -4.14. The fourth-order valence-electron chi connectivity index (χ4n) is 5.75. The van der Waals surface area contributed by atoms with Crippen LogP contribution in [0.1, 0.15) is 116 Å². The molecule has 2 atom stereocenters. The summed E-state index contributed by atoms with van der Waals surface area (Å²) in [6.45, 7) is 3.85. The van der Waals surface area contributed by atoms with Crippen molar-refractivity contribution in [3.8, 4) is 0 Å². The molecule has 15 heteroatoms. The molecule has 0 saturated heterocycles. The van der Waals surface area contributed by atoms with E-state index < -0.39 is 48.8 Å². The number of imidazole rings is 1. The molecular weight excluding hydrogens is 593 g/mol. The molecule has 0 bridgehead atoms. The SMILES string of the molecule is CC(C)c1snnc1C(=O)N[C@H](c1cn2ncc([C@H](NC(=O)CCC(F)(F)F)C3CCC3)cc2n1)C1CCC(F)(F)CC1. The summed E-state index contributed by atoms with van der Waals surface area (Å²) in [7, 11) is 0. The van der Waals surface area contributed by atoms with Crippen LogP contribution in [-0.4, -0.2) is 48.1 Å². The summed E-state index contributed by atoms with van der Waals surface area (Å²) in [6, 6.07) is 0.508. The van der Waals surface area contributed by atoms with Gasteiger partial charge < -0.3 is 10.6 Å². The van der Waals surface area contributed by atoms with E-state index in [9.17, 15) is 31.5 Å². The molecule has 0 aromatic carbocycles. The van der Waals surface area contributed by atoms with Gasteiger partial charge in [-0.25, -0.2) is 18.3 Å². The molecule has 2 aliphatic rings. The average molecular weight is 628 g/mol. The first-order valence-corrected chi connectivity index (χ1v) is 15.3. The zero-order valence-electron chi connectivity index (χ0n) is 23.8. The van der Waals surface area contributed by atoms with Gasteiger partial charge in [-0.15, -0.1) is 5.10 Å². The highest BCUT2D eigenvalue weighted by molar-refractivity contribution is 7.05. The van der Waals surface area contributed by atoms with Crippen molar-refractivity contribution in [1.82, 2.24) is 34.8 Å². The minimum Gasteiger partial charge on any atom is -0.349 e. The fraction of sp³-hybridized carbons (Fsp3) is 0.643. The van der Waals surface area contributed by atoms with Crippen LogP contribution in [0.2, 0.25) is 0 Å². The van der Waals surface area contributed by atoms with Gasteiger partial charge in [0.1, 0.15) is 0 Å². The summed E-state index contributed by atoms with van der Waals surface area (Å²) >= 11 is 1.13. The Hall–Kier alpha value is -3.23. The zero-order valence-corrected chi connectivity index (χ0v) is 24.6. The van der Waals surface area contributed by atoms with Gasteiger partial charge in [-0.05, 0) is 66.6 Å². The van der Waals surface area contributed by atoms with Crippen LogP contribution in [0.3, 0.4) is 0 Å². The number of nitrogens with one attached hydrogen (secondary N) is 2. The van der Waals surface area contributed by atoms with Gasteiger partial charge in [0.2, 0.25) is 11.8 Å². The molecule has 3 heterocycles. The van der Waals surface area contributed by atoms with Gasteiger partial charge in [-0.2, -0.15) is 18.3 Å². The molecule has 3 aromatic rings. The molecule has 2 amide bonds. The molecular formula is C28H34F5N7O2S. The lowest BCUT2D eigenvalue weighted by Gasteiger charge is -2.34. The third kappa shape index (κ3) is 7.47. The minimum atomic E-state index is -4.43. The zero-order chi connectivity index (χ0) is 30.9. The highest BCUT2D eigenvalue weighted by Crippen LogP contribution is 2.42. The van der Waals surface area contributed by atoms with E-state index in [2.05, 4.69) is 25.3 Å². The van der Waals surface area contributed by atoms with E-state index in [4.69, 9.17) is 4.98 Å². The molecule has 234 valence electrons. The van der Waals surface area contributed by atoms with Crippen LogP contribution >= 0.6 is 11.5 Å². The lowest BCUT2D eigenvalue weighted by molar-refractivity contribution is -0.144. The molecule has 0 spiro atoms. The Morgan fingerprint density at radius 3 is 2.42 bits per heavy atom. The number of hydrogen-bond acceptors (Lipinski definition) is 7. The van der Waals surface area contributed by atoms with Crippen LogP contribution in [-0.2, 0) is 4.79 Å². The lowest BCUT2D eigenvalue weighted by atomic mass is 9.77. The van der Waals surface area contributed by atoms with Crippen LogP contribution in [0, 0.1) is 11.8 Å². The standard InChI is InChI=1S/C28H34F5N7O2S/c1-15(2)25-24(38-39-43-25)26(42)37-23(17-6-9-27(29,30)10-7-17)19-14-40-20(35-19)12-18(13-34-40)22(16-4-3-5-16)36-21(41)8-11-28(31,32)33/h12-17,22-23H,3-11H2,1-2H3,(H,36,41)(H,37,42)/t22-,23+/m1/s1. The Morgan fingerprint density at radius 2 is 1.79 bits per heavy atom. The Labute approximate surface area is 249 Å². The number of alkyl halides is 5. The smallest absolute Gasteiger partial charge is 0.349 e. The summed E-state index contributed by atoms with van der Waals surface area (Å²) in [6.07, 6.45) is -0.736. The van der Waals surface area contributed by atoms with Gasteiger partial charge >= 0.3 is 6.18 Å². The van der Waals surface area contributed by atoms with Crippen molar-refractivity contribution in [2.45, 2.75) is 102 Å². The van der Waals surface area contributed by atoms with Crippen LogP contribution < -0.4 is 10.6 Å². The maximum absolute atomic E-state index is 14.0. The van der Waals surface area contributed by atoms with E-state index in [1.54, 1.807) is 18.5 Å². The average Bonchev–Trinajstić information content (AvgIpc) is 3.56. The Bertz CT molecular complexity index is 1440. The monoisotopic (exact) mass is 627 g/mol. The molecule has 0 unspecified atom stereocenters. The first-order chi connectivity index (χ1) is 20.3. The van der Waals surface area contributed by atoms with Gasteiger partial charge in [-0.1, -0.05) is 24.8 Å². The minimum absolute atomic E-state index is 0.0166. The maximum atomic E-state index is 14.0. The molecule has 9 nitrogen and oxygen atoms in total. The third-order valence-corrected chi connectivity index (χ3v) is 9.41. The summed E-state index contributed by atoms with van der Waals surface area (Å²) in [5.41, 5.74) is 1.65. The van der Waals surface area contributed by atoms with Crippen molar-refractivity contribution in [2.75, 3.05) is 0 Å². The Balaban J connectivity index is 1.41. The van der Waals surface area contributed by atoms with Gasteiger partial charge in [0.15, 0.2) is 11.3 Å². The van der Waals surface area contributed by atoms with E-state index in [-0.39, 0.29) is 49.1 Å². The highest BCUT2D eigenvalue weighted by Gasteiger charge is 2.40. The Kier molecular flexibility index (Phi) is 9.00. The van der Waals surface area contributed by atoms with Gasteiger partial charge in [0, 0.05) is 19.3 Å². The summed E-state index contributed by atoms with van der Waals surface area (Å²) in [5, 5.41) is 14.2. The molecule has 0 aliphatic heterocycles. The molecule has 2 fully saturated rings. The topological polar surface area (TPSA) is 114 Å². The van der Waals surface area contributed by atoms with Crippen molar-refractivity contribution < 1.29 is 31.5 Å². The quantitative estimate of drug-likeness (QED) is 0.255. The second-order valence-electron chi connectivity index (χ2n) is 11.9. The fourth-order valence-corrected chi connectivity index (χ4v) is 6.39. The number of amides is 2. The number of rotatable bonds is 10. The van der Waals surface area contributed by atoms with Crippen molar-refractivity contribution in [3.63, 3.8) is 0 Å². The molecule has 2 aliphatic carbocycles. The Morgan fingerprint density at radius 1 is 1.09 bits per heavy atom. The van der Waals surface area contributed by atoms with E-state index in [1.807, 2.05) is 13.8 Å². The number of hydrogen-bond donors (Lipinski definition) is 2. The number of carbonyl (C=O) groups is 2. The highest BCUT2D eigenvalue weighted by atomic mass is 32.1. The van der Waals surface area contributed by atoms with Gasteiger partial charge in [-0.3, -0.25) is 9.59 Å². The van der Waals surface area contributed by atoms with Crippen LogP contribution in [0.25, 0.3) is 5.65 Å². The largest absolute Gasteiger partial charge is 0.389 e. The van der Waals surface area contributed by atoms with Gasteiger partial charge in [0.25, 0.3) is 5.91 Å². The first-order valence-electron chi connectivity index (χ1n) is 14.5. The van der Waals surface area contributed by atoms with E-state index >= 15 is 0 Å². The molecule has 5 rings (SSSR count). The molecule has 2 N–H and O–H groups in total. The van der Waals surface area contributed by atoms with Crippen molar-refractivity contribution in [2.24, 2.45) is 11.8 Å². The van der Waals surface area contributed by atoms with Crippen molar-refractivity contribution in [1.29, 1.82) is 0 Å². The van der Waals surface area contributed by atoms with Crippen molar-refractivity contribution in [3.05, 3.63) is 40.3 Å². The number of nitrogens with zero attached hydrogens (tertiary/aromatic N) is 5. The second-order valence-corrected chi connectivity index (χ2v) is 12.7. The predicted molar refractivity (Wildman–Crippen MR) is 148 cm³/mol. The molecule has 43 heavy (non-hydrogen) atoms. The van der Waals surface area contributed by atoms with Crippen LogP contribution in [0.15, 0.2) is 18.5 Å². The summed E-state index contributed by atoms with van der Waals surface area (Å²) in [4.78, 5) is 31.2. The van der Waals surface area contributed by atoms with Gasteiger partial charge in [0.05, 0.1) is 41.5 Å². The number of carbonyl (C=O) groups excluding carboxylic acids is 2. The number of aromatic nitrogens is 5. The first kappa shape index (κ1) is 31.2. The van der Waals surface area contributed by atoms with Crippen molar-refractivity contribution >= 4 is 29.0 Å². The molecule has 0 radical (unpaired) electrons.